The second-order valence-corrected chi connectivity index (χ2v) is 15.6. The average molecular weight is 343 g/mol. The maximum Gasteiger partial charge on any atom is 0.191 e. The highest BCUT2D eigenvalue weighted by molar-refractivity contribution is 6.73. The minimum Gasteiger partial charge on any atom is -0.412 e. The third-order valence-corrected chi connectivity index (χ3v) is 9.77. The van der Waals surface area contributed by atoms with Crippen LogP contribution in [0.15, 0.2) is 0 Å². The van der Waals surface area contributed by atoms with Crippen molar-refractivity contribution in [3.63, 3.8) is 0 Å². The molecule has 0 fully saturated rings. The lowest BCUT2D eigenvalue weighted by atomic mass is 9.68. The van der Waals surface area contributed by atoms with E-state index < -0.39 is 8.32 Å². The van der Waals surface area contributed by atoms with E-state index in [1.54, 1.807) is 0 Å². The molecule has 0 N–H and O–H groups in total. The van der Waals surface area contributed by atoms with E-state index in [2.05, 4.69) is 96.2 Å². The largest absolute Gasteiger partial charge is 0.412 e. The summed E-state index contributed by atoms with van der Waals surface area (Å²) in [5, 5.41) is 0. The lowest BCUT2D eigenvalue weighted by molar-refractivity contribution is 0.0809. The first kappa shape index (κ1) is 23.2. The molecular formula is C21H46OSi. The van der Waals surface area contributed by atoms with Crippen LogP contribution in [0.1, 0.15) is 83.1 Å². The van der Waals surface area contributed by atoms with Gasteiger partial charge < -0.3 is 4.43 Å². The Morgan fingerprint density at radius 3 is 1.26 bits per heavy atom. The van der Waals surface area contributed by atoms with Crippen molar-refractivity contribution >= 4 is 8.32 Å². The van der Waals surface area contributed by atoms with Gasteiger partial charge in [-0.3, -0.25) is 0 Å². The van der Waals surface area contributed by atoms with E-state index in [1.165, 1.54) is 0 Å². The fourth-order valence-corrected chi connectivity index (χ4v) is 9.16. The fraction of sp³-hybridized carbons (Fsp3) is 1.00. The molecule has 0 heterocycles. The predicted molar refractivity (Wildman–Crippen MR) is 108 cm³/mol. The quantitative estimate of drug-likeness (QED) is 0.474. The molecular weight excluding hydrogens is 296 g/mol. The third-order valence-electron chi connectivity index (χ3n) is 6.00. The molecule has 0 bridgehead atoms. The Kier molecular flexibility index (Phi) is 7.25. The lowest BCUT2D eigenvalue weighted by Crippen LogP contribution is -2.51. The summed E-state index contributed by atoms with van der Waals surface area (Å²) in [6.07, 6.45) is 0. The van der Waals surface area contributed by atoms with Crippen molar-refractivity contribution in [1.29, 1.82) is 0 Å². The maximum atomic E-state index is 6.73. The topological polar surface area (TPSA) is 9.23 Å². The first-order valence-corrected chi connectivity index (χ1v) is 12.5. The molecule has 0 rings (SSSR count). The zero-order valence-corrected chi connectivity index (χ0v) is 19.7. The standard InChI is InChI=1S/C21H46OSi/c1-15(16(2)19(4,5)6)18(17(3)20(7,8)9)23(13,14)22-21(10,11)12/h15-18H,1-14H3. The molecule has 0 saturated heterocycles. The molecule has 0 aliphatic heterocycles. The van der Waals surface area contributed by atoms with Gasteiger partial charge in [0.05, 0.1) is 0 Å². The van der Waals surface area contributed by atoms with Crippen molar-refractivity contribution < 1.29 is 4.43 Å². The Bertz CT molecular complexity index is 365. The minimum atomic E-state index is -1.85. The summed E-state index contributed by atoms with van der Waals surface area (Å²) in [6.45, 7) is 33.2. The molecule has 0 aromatic rings. The number of rotatable bonds is 5. The van der Waals surface area contributed by atoms with Gasteiger partial charge in [0.25, 0.3) is 0 Å². The summed E-state index contributed by atoms with van der Waals surface area (Å²) in [5.74, 6) is 1.98. The summed E-state index contributed by atoms with van der Waals surface area (Å²) in [7, 11) is -1.85. The normalized spacial score (nSPS) is 20.1. The smallest absolute Gasteiger partial charge is 0.191 e. The Morgan fingerprint density at radius 2 is 1.00 bits per heavy atom. The molecule has 0 aromatic carbocycles. The average Bonchev–Trinajstić information content (AvgIpc) is 2.21. The van der Waals surface area contributed by atoms with Crippen LogP contribution < -0.4 is 0 Å². The number of hydrogen-bond acceptors (Lipinski definition) is 1. The van der Waals surface area contributed by atoms with E-state index in [0.29, 0.717) is 34.1 Å². The highest BCUT2D eigenvalue weighted by atomic mass is 28.4. The van der Waals surface area contributed by atoms with E-state index in [0.717, 1.165) is 0 Å². The van der Waals surface area contributed by atoms with Crippen LogP contribution in [-0.2, 0) is 4.43 Å². The minimum absolute atomic E-state index is 0.0593. The Labute approximate surface area is 149 Å². The van der Waals surface area contributed by atoms with Crippen LogP contribution in [0.4, 0.5) is 0 Å². The Morgan fingerprint density at radius 1 is 0.652 bits per heavy atom. The SMILES string of the molecule is CC(C(C)C(C)(C)C)C(C(C)C(C)(C)C)[Si](C)(C)OC(C)(C)C. The molecule has 0 aromatic heterocycles. The zero-order chi connectivity index (χ0) is 19.0. The molecule has 0 amide bonds. The van der Waals surface area contributed by atoms with Gasteiger partial charge in [-0.25, -0.2) is 0 Å². The van der Waals surface area contributed by atoms with Gasteiger partial charge in [0, 0.05) is 5.60 Å². The summed E-state index contributed by atoms with van der Waals surface area (Å²) < 4.78 is 6.73. The van der Waals surface area contributed by atoms with Crippen LogP contribution in [0.25, 0.3) is 0 Å². The molecule has 4 unspecified atom stereocenters. The van der Waals surface area contributed by atoms with Crippen LogP contribution in [0.5, 0.6) is 0 Å². The monoisotopic (exact) mass is 342 g/mol. The summed E-state index contributed by atoms with van der Waals surface area (Å²) >= 11 is 0. The fourth-order valence-electron chi connectivity index (χ4n) is 4.19. The highest BCUT2D eigenvalue weighted by Crippen LogP contribution is 2.51. The third kappa shape index (κ3) is 6.90. The summed E-state index contributed by atoms with van der Waals surface area (Å²) in [6, 6.07) is 0. The molecule has 0 radical (unpaired) electrons. The van der Waals surface area contributed by atoms with Crippen molar-refractivity contribution in [3.05, 3.63) is 0 Å². The highest BCUT2D eigenvalue weighted by Gasteiger charge is 2.48. The second kappa shape index (κ2) is 7.20. The van der Waals surface area contributed by atoms with Gasteiger partial charge in [-0.2, -0.15) is 0 Å². The molecule has 0 spiro atoms. The Balaban J connectivity index is 5.84. The molecule has 0 saturated carbocycles. The molecule has 2 heteroatoms. The molecule has 0 aliphatic carbocycles. The molecule has 1 nitrogen and oxygen atoms in total. The van der Waals surface area contributed by atoms with Gasteiger partial charge in [-0.15, -0.1) is 0 Å². The summed E-state index contributed by atoms with van der Waals surface area (Å²) in [4.78, 5) is 0. The van der Waals surface area contributed by atoms with Crippen molar-refractivity contribution in [2.45, 2.75) is 107 Å². The van der Waals surface area contributed by atoms with Gasteiger partial charge in [0.1, 0.15) is 0 Å². The van der Waals surface area contributed by atoms with Crippen molar-refractivity contribution in [2.24, 2.45) is 28.6 Å². The van der Waals surface area contributed by atoms with Crippen LogP contribution in [0.3, 0.4) is 0 Å². The number of hydrogen-bond donors (Lipinski definition) is 0. The van der Waals surface area contributed by atoms with Gasteiger partial charge in [0.2, 0.25) is 0 Å². The second-order valence-electron chi connectivity index (χ2n) is 11.5. The molecule has 140 valence electrons. The van der Waals surface area contributed by atoms with E-state index in [4.69, 9.17) is 4.43 Å². The molecule has 0 aliphatic rings. The van der Waals surface area contributed by atoms with Gasteiger partial charge in [0.15, 0.2) is 8.32 Å². The van der Waals surface area contributed by atoms with Gasteiger partial charge in [-0.1, -0.05) is 62.3 Å². The first-order valence-electron chi connectivity index (χ1n) is 9.51. The van der Waals surface area contributed by atoms with Crippen LogP contribution in [0.2, 0.25) is 18.6 Å². The van der Waals surface area contributed by atoms with Gasteiger partial charge >= 0.3 is 0 Å². The zero-order valence-electron chi connectivity index (χ0n) is 18.7. The van der Waals surface area contributed by atoms with Crippen molar-refractivity contribution in [2.75, 3.05) is 0 Å². The van der Waals surface area contributed by atoms with Crippen LogP contribution in [0, 0.1) is 28.6 Å². The van der Waals surface area contributed by atoms with E-state index in [9.17, 15) is 0 Å². The Hall–Kier alpha value is 0.177. The predicted octanol–water partition coefficient (Wildman–Crippen LogP) is 7.38. The van der Waals surface area contributed by atoms with E-state index in [-0.39, 0.29) is 5.60 Å². The molecule has 4 atom stereocenters. The first-order chi connectivity index (χ1) is 9.81. The molecule has 23 heavy (non-hydrogen) atoms. The van der Waals surface area contributed by atoms with Crippen LogP contribution >= 0.6 is 0 Å². The van der Waals surface area contributed by atoms with Crippen LogP contribution in [-0.4, -0.2) is 13.9 Å². The van der Waals surface area contributed by atoms with Gasteiger partial charge in [-0.05, 0) is 68.0 Å². The van der Waals surface area contributed by atoms with E-state index >= 15 is 0 Å². The van der Waals surface area contributed by atoms with E-state index in [1.807, 2.05) is 0 Å². The maximum absolute atomic E-state index is 6.73. The summed E-state index contributed by atoms with van der Waals surface area (Å²) in [5.41, 5.74) is 1.23. The van der Waals surface area contributed by atoms with Crippen molar-refractivity contribution in [1.82, 2.24) is 0 Å². The lowest BCUT2D eigenvalue weighted by Gasteiger charge is -2.50. The van der Waals surface area contributed by atoms with Crippen molar-refractivity contribution in [3.8, 4) is 0 Å².